The summed E-state index contributed by atoms with van der Waals surface area (Å²) in [4.78, 5) is 11.7. The van der Waals surface area contributed by atoms with E-state index in [9.17, 15) is 4.79 Å². The highest BCUT2D eigenvalue weighted by Crippen LogP contribution is 2.35. The van der Waals surface area contributed by atoms with Gasteiger partial charge in [-0.2, -0.15) is 11.8 Å². The van der Waals surface area contributed by atoms with Gasteiger partial charge in [0, 0.05) is 19.0 Å². The molecule has 1 rings (SSSR count). The van der Waals surface area contributed by atoms with Crippen molar-refractivity contribution in [2.24, 2.45) is 5.73 Å². The second-order valence-corrected chi connectivity index (χ2v) is 6.32. The van der Waals surface area contributed by atoms with Gasteiger partial charge in [0.15, 0.2) is 0 Å². The van der Waals surface area contributed by atoms with Crippen molar-refractivity contribution in [2.75, 3.05) is 26.0 Å². The van der Waals surface area contributed by atoms with Crippen LogP contribution >= 0.6 is 11.8 Å². The summed E-state index contributed by atoms with van der Waals surface area (Å²) in [6.45, 7) is 3.64. The molecule has 0 aliphatic heterocycles. The van der Waals surface area contributed by atoms with Crippen LogP contribution in [0, 0.1) is 0 Å². The molecule has 0 aromatic rings. The third kappa shape index (κ3) is 4.44. The third-order valence-corrected chi connectivity index (χ3v) is 4.94. The van der Waals surface area contributed by atoms with Crippen molar-refractivity contribution in [1.82, 2.24) is 5.32 Å². The number of nitrogens with one attached hydrogen (secondary N) is 1. The molecule has 1 aliphatic carbocycles. The smallest absolute Gasteiger partial charge is 0.237 e. The highest BCUT2D eigenvalue weighted by molar-refractivity contribution is 7.99. The van der Waals surface area contributed by atoms with Gasteiger partial charge < -0.3 is 15.8 Å². The zero-order valence-corrected chi connectivity index (χ0v) is 12.4. The second-order valence-electron chi connectivity index (χ2n) is 4.91. The molecular formula is C13H26N2O2S. The standard InChI is InChI=1S/C13H26N2O2S/c1-3-15-13(12(14)16)7-4-6-11(10-13)18-9-5-8-17-2/h11,15H,3-10H2,1-2H3,(H2,14,16). The number of carbonyl (C=O) groups is 1. The highest BCUT2D eigenvalue weighted by atomic mass is 32.2. The lowest BCUT2D eigenvalue weighted by Crippen LogP contribution is -2.58. The fourth-order valence-corrected chi connectivity index (χ4v) is 3.98. The fourth-order valence-electron chi connectivity index (χ4n) is 2.63. The number of primary amides is 1. The Bertz CT molecular complexity index is 259. The Morgan fingerprint density at radius 3 is 3.00 bits per heavy atom. The van der Waals surface area contributed by atoms with Crippen LogP contribution < -0.4 is 11.1 Å². The van der Waals surface area contributed by atoms with Gasteiger partial charge in [0.25, 0.3) is 0 Å². The Morgan fingerprint density at radius 1 is 1.61 bits per heavy atom. The van der Waals surface area contributed by atoms with E-state index < -0.39 is 5.54 Å². The molecule has 2 unspecified atom stereocenters. The number of methoxy groups -OCH3 is 1. The number of thioether (sulfide) groups is 1. The zero-order chi connectivity index (χ0) is 13.4. The Balaban J connectivity index is 2.45. The second kappa shape index (κ2) is 8.02. The summed E-state index contributed by atoms with van der Waals surface area (Å²) in [6, 6.07) is 0. The molecule has 0 bridgehead atoms. The monoisotopic (exact) mass is 274 g/mol. The lowest BCUT2D eigenvalue weighted by Gasteiger charge is -2.39. The number of amides is 1. The van der Waals surface area contributed by atoms with Crippen LogP contribution in [-0.4, -0.2) is 42.7 Å². The van der Waals surface area contributed by atoms with Crippen LogP contribution in [0.3, 0.4) is 0 Å². The van der Waals surface area contributed by atoms with Gasteiger partial charge in [-0.05, 0) is 44.4 Å². The summed E-state index contributed by atoms with van der Waals surface area (Å²) in [6.07, 6.45) is 5.09. The zero-order valence-electron chi connectivity index (χ0n) is 11.5. The molecule has 0 radical (unpaired) electrons. The number of rotatable bonds is 8. The largest absolute Gasteiger partial charge is 0.385 e. The minimum absolute atomic E-state index is 0.188. The summed E-state index contributed by atoms with van der Waals surface area (Å²) < 4.78 is 5.05. The fraction of sp³-hybridized carbons (Fsp3) is 0.923. The van der Waals surface area contributed by atoms with Gasteiger partial charge in [0.2, 0.25) is 5.91 Å². The van der Waals surface area contributed by atoms with Crippen molar-refractivity contribution in [1.29, 1.82) is 0 Å². The van der Waals surface area contributed by atoms with Gasteiger partial charge in [-0.25, -0.2) is 0 Å². The van der Waals surface area contributed by atoms with Gasteiger partial charge in [-0.1, -0.05) is 6.92 Å². The normalized spacial score (nSPS) is 28.2. The van der Waals surface area contributed by atoms with E-state index in [2.05, 4.69) is 5.32 Å². The third-order valence-electron chi connectivity index (χ3n) is 3.54. The van der Waals surface area contributed by atoms with Crippen LogP contribution in [0.2, 0.25) is 0 Å². The number of likely N-dealkylation sites (N-methyl/N-ethyl adjacent to an activating group) is 1. The average molecular weight is 274 g/mol. The average Bonchev–Trinajstić information content (AvgIpc) is 2.35. The summed E-state index contributed by atoms with van der Waals surface area (Å²) in [7, 11) is 1.73. The first-order chi connectivity index (χ1) is 8.64. The van der Waals surface area contributed by atoms with E-state index in [0.29, 0.717) is 5.25 Å². The van der Waals surface area contributed by atoms with Gasteiger partial charge in [0.05, 0.1) is 5.54 Å². The van der Waals surface area contributed by atoms with E-state index in [-0.39, 0.29) is 5.91 Å². The molecule has 2 atom stereocenters. The maximum atomic E-state index is 11.7. The molecular weight excluding hydrogens is 248 g/mol. The van der Waals surface area contributed by atoms with Gasteiger partial charge in [-0.3, -0.25) is 4.79 Å². The molecule has 3 N–H and O–H groups in total. The maximum Gasteiger partial charge on any atom is 0.237 e. The van der Waals surface area contributed by atoms with Crippen molar-refractivity contribution in [3.8, 4) is 0 Å². The molecule has 0 spiro atoms. The quantitative estimate of drug-likeness (QED) is 0.659. The van der Waals surface area contributed by atoms with Gasteiger partial charge in [-0.15, -0.1) is 0 Å². The van der Waals surface area contributed by atoms with Crippen molar-refractivity contribution in [3.63, 3.8) is 0 Å². The van der Waals surface area contributed by atoms with Crippen molar-refractivity contribution < 1.29 is 9.53 Å². The minimum atomic E-state index is -0.466. The lowest BCUT2D eigenvalue weighted by atomic mass is 9.80. The van der Waals surface area contributed by atoms with E-state index in [1.54, 1.807) is 7.11 Å². The molecule has 0 heterocycles. The maximum absolute atomic E-state index is 11.7. The van der Waals surface area contributed by atoms with Crippen molar-refractivity contribution in [2.45, 2.75) is 49.8 Å². The summed E-state index contributed by atoms with van der Waals surface area (Å²) in [5.41, 5.74) is 5.13. The number of ether oxygens (including phenoxy) is 1. The predicted molar refractivity (Wildman–Crippen MR) is 76.8 cm³/mol. The lowest BCUT2D eigenvalue weighted by molar-refractivity contribution is -0.125. The molecule has 0 aromatic carbocycles. The molecule has 1 fully saturated rings. The SMILES string of the molecule is CCNC1(C(N)=O)CCCC(SCCCOC)C1. The Hall–Kier alpha value is -0.260. The molecule has 1 amide bonds. The molecule has 4 nitrogen and oxygen atoms in total. The minimum Gasteiger partial charge on any atom is -0.385 e. The van der Waals surface area contributed by atoms with Gasteiger partial charge in [0.1, 0.15) is 0 Å². The van der Waals surface area contributed by atoms with Crippen LogP contribution in [0.25, 0.3) is 0 Å². The molecule has 18 heavy (non-hydrogen) atoms. The number of hydrogen-bond acceptors (Lipinski definition) is 4. The van der Waals surface area contributed by atoms with E-state index in [1.165, 1.54) is 6.42 Å². The topological polar surface area (TPSA) is 64.3 Å². The van der Waals surface area contributed by atoms with E-state index in [4.69, 9.17) is 10.5 Å². The van der Waals surface area contributed by atoms with Crippen LogP contribution in [0.1, 0.15) is 39.0 Å². The van der Waals surface area contributed by atoms with E-state index >= 15 is 0 Å². The first kappa shape index (κ1) is 15.8. The van der Waals surface area contributed by atoms with Crippen LogP contribution in [0.4, 0.5) is 0 Å². The van der Waals surface area contributed by atoms with Crippen molar-refractivity contribution >= 4 is 17.7 Å². The molecule has 5 heteroatoms. The summed E-state index contributed by atoms with van der Waals surface area (Å²) in [5, 5.41) is 3.86. The van der Waals surface area contributed by atoms with E-state index in [0.717, 1.165) is 44.6 Å². The molecule has 106 valence electrons. The summed E-state index contributed by atoms with van der Waals surface area (Å²) >= 11 is 1.96. The molecule has 0 aromatic heterocycles. The van der Waals surface area contributed by atoms with Crippen LogP contribution in [-0.2, 0) is 9.53 Å². The molecule has 1 aliphatic rings. The Morgan fingerprint density at radius 2 is 2.39 bits per heavy atom. The number of carbonyl (C=O) groups excluding carboxylic acids is 1. The predicted octanol–water partition coefficient (Wildman–Crippen LogP) is 1.53. The van der Waals surface area contributed by atoms with E-state index in [1.807, 2.05) is 18.7 Å². The highest BCUT2D eigenvalue weighted by Gasteiger charge is 2.40. The Labute approximate surface area is 114 Å². The number of nitrogens with two attached hydrogens (primary N) is 1. The number of hydrogen-bond donors (Lipinski definition) is 2. The van der Waals surface area contributed by atoms with Crippen LogP contribution in [0.15, 0.2) is 0 Å². The van der Waals surface area contributed by atoms with Crippen molar-refractivity contribution in [3.05, 3.63) is 0 Å². The first-order valence-electron chi connectivity index (χ1n) is 6.80. The summed E-state index contributed by atoms with van der Waals surface area (Å²) in [5.74, 6) is 0.908. The first-order valence-corrected chi connectivity index (χ1v) is 7.85. The molecule has 0 saturated heterocycles. The van der Waals surface area contributed by atoms with Gasteiger partial charge >= 0.3 is 0 Å². The Kier molecular flexibility index (Phi) is 7.04. The van der Waals surface area contributed by atoms with Crippen LogP contribution in [0.5, 0.6) is 0 Å². The molecule has 1 saturated carbocycles.